The van der Waals surface area contributed by atoms with Crippen LogP contribution in [0.5, 0.6) is 11.5 Å². The number of hydrogen-bond donors (Lipinski definition) is 1. The summed E-state index contributed by atoms with van der Waals surface area (Å²) in [4.78, 5) is 28.3. The van der Waals surface area contributed by atoms with E-state index >= 15 is 0 Å². The molecule has 31 heavy (non-hydrogen) atoms. The average Bonchev–Trinajstić information content (AvgIpc) is 3.27. The quantitative estimate of drug-likeness (QED) is 0.360. The van der Waals surface area contributed by atoms with Gasteiger partial charge in [0.1, 0.15) is 23.1 Å². The lowest BCUT2D eigenvalue weighted by molar-refractivity contribution is -0.124. The predicted octanol–water partition coefficient (Wildman–Crippen LogP) is 4.21. The highest BCUT2D eigenvalue weighted by Gasteiger charge is 2.15. The topological polar surface area (TPSA) is 86.8 Å². The lowest BCUT2D eigenvalue weighted by Gasteiger charge is -2.09. The molecule has 162 valence electrons. The van der Waals surface area contributed by atoms with Crippen molar-refractivity contribution in [1.82, 2.24) is 10.3 Å². The summed E-state index contributed by atoms with van der Waals surface area (Å²) in [7, 11) is 0. The van der Waals surface area contributed by atoms with Gasteiger partial charge in [-0.3, -0.25) is 4.79 Å². The molecule has 0 aliphatic carbocycles. The molecule has 0 unspecified atom stereocenters. The Morgan fingerprint density at radius 2 is 1.71 bits per heavy atom. The third kappa shape index (κ3) is 6.97. The highest BCUT2D eigenvalue weighted by atomic mass is 35.5. The second kappa shape index (κ2) is 11.3. The van der Waals surface area contributed by atoms with E-state index in [2.05, 4.69) is 10.3 Å². The Morgan fingerprint density at radius 1 is 1.03 bits per heavy atom. The van der Waals surface area contributed by atoms with E-state index in [9.17, 15) is 9.59 Å². The summed E-state index contributed by atoms with van der Waals surface area (Å²) in [6.45, 7) is 2.68. The van der Waals surface area contributed by atoms with Crippen molar-refractivity contribution in [3.05, 3.63) is 64.6 Å². The Hall–Kier alpha value is -3.10. The Kier molecular flexibility index (Phi) is 8.26. The summed E-state index contributed by atoms with van der Waals surface area (Å²) in [5.41, 5.74) is 1.00. The number of thiazole rings is 1. The SMILES string of the molecule is CCOc1ccc(OCCNC(=O)COC(=O)c2csc(-c3ccc(Cl)cc3)n2)cc1. The molecule has 2 aromatic carbocycles. The monoisotopic (exact) mass is 460 g/mol. The zero-order valence-electron chi connectivity index (χ0n) is 16.8. The number of ether oxygens (including phenoxy) is 3. The van der Waals surface area contributed by atoms with Gasteiger partial charge < -0.3 is 19.5 Å². The molecule has 9 heteroatoms. The van der Waals surface area contributed by atoms with Crippen molar-refractivity contribution in [2.24, 2.45) is 0 Å². The predicted molar refractivity (Wildman–Crippen MR) is 119 cm³/mol. The summed E-state index contributed by atoms with van der Waals surface area (Å²) < 4.78 is 15.9. The van der Waals surface area contributed by atoms with E-state index in [0.29, 0.717) is 22.4 Å². The molecule has 0 aliphatic heterocycles. The van der Waals surface area contributed by atoms with E-state index in [4.69, 9.17) is 25.8 Å². The molecule has 0 atom stereocenters. The molecule has 0 fully saturated rings. The Bertz CT molecular complexity index is 1010. The minimum absolute atomic E-state index is 0.154. The van der Waals surface area contributed by atoms with E-state index in [1.807, 2.05) is 31.2 Å². The Labute approximate surface area is 188 Å². The number of hydrogen-bond acceptors (Lipinski definition) is 7. The number of nitrogens with zero attached hydrogens (tertiary/aromatic N) is 1. The molecule has 0 bridgehead atoms. The van der Waals surface area contributed by atoms with E-state index < -0.39 is 18.5 Å². The summed E-state index contributed by atoms with van der Waals surface area (Å²) in [6, 6.07) is 14.3. The van der Waals surface area contributed by atoms with Gasteiger partial charge in [0.25, 0.3) is 5.91 Å². The standard InChI is InChI=1S/C22H21ClN2O5S/c1-2-28-17-7-9-18(10-8-17)29-12-11-24-20(26)13-30-22(27)19-14-31-21(25-19)15-3-5-16(23)6-4-15/h3-10,14H,2,11-13H2,1H3,(H,24,26). The Morgan fingerprint density at radius 3 is 2.39 bits per heavy atom. The molecular formula is C22H21ClN2O5S. The van der Waals surface area contributed by atoms with Crippen LogP contribution >= 0.6 is 22.9 Å². The van der Waals surface area contributed by atoms with Crippen LogP contribution < -0.4 is 14.8 Å². The highest BCUT2D eigenvalue weighted by Crippen LogP contribution is 2.25. The molecule has 7 nitrogen and oxygen atoms in total. The van der Waals surface area contributed by atoms with Crippen LogP contribution in [0.15, 0.2) is 53.9 Å². The molecule has 0 aliphatic rings. The number of benzene rings is 2. The van der Waals surface area contributed by atoms with Gasteiger partial charge >= 0.3 is 5.97 Å². The van der Waals surface area contributed by atoms with Crippen LogP contribution in [0.2, 0.25) is 5.02 Å². The number of carbonyl (C=O) groups is 2. The van der Waals surface area contributed by atoms with Crippen molar-refractivity contribution < 1.29 is 23.8 Å². The second-order valence-electron chi connectivity index (χ2n) is 6.22. The summed E-state index contributed by atoms with van der Waals surface area (Å²) >= 11 is 7.19. The van der Waals surface area contributed by atoms with Crippen LogP contribution in [-0.2, 0) is 9.53 Å². The van der Waals surface area contributed by atoms with Gasteiger partial charge in [0, 0.05) is 16.0 Å². The first-order valence-corrected chi connectivity index (χ1v) is 10.8. The van der Waals surface area contributed by atoms with Gasteiger partial charge in [0.05, 0.1) is 13.2 Å². The molecule has 1 aromatic heterocycles. The minimum Gasteiger partial charge on any atom is -0.494 e. The van der Waals surface area contributed by atoms with Gasteiger partial charge in [-0.1, -0.05) is 23.7 Å². The molecule has 3 rings (SSSR count). The molecule has 1 heterocycles. The summed E-state index contributed by atoms with van der Waals surface area (Å²) in [5, 5.41) is 5.51. The fraction of sp³-hybridized carbons (Fsp3) is 0.227. The number of esters is 1. The molecular weight excluding hydrogens is 440 g/mol. The number of rotatable bonds is 10. The maximum Gasteiger partial charge on any atom is 0.358 e. The van der Waals surface area contributed by atoms with Crippen LogP contribution in [0.4, 0.5) is 0 Å². The first-order valence-electron chi connectivity index (χ1n) is 9.56. The van der Waals surface area contributed by atoms with Crippen LogP contribution in [0, 0.1) is 0 Å². The van der Waals surface area contributed by atoms with Gasteiger partial charge in [0.15, 0.2) is 12.3 Å². The van der Waals surface area contributed by atoms with Crippen LogP contribution in [0.1, 0.15) is 17.4 Å². The molecule has 1 amide bonds. The van der Waals surface area contributed by atoms with Crippen molar-refractivity contribution in [3.8, 4) is 22.1 Å². The largest absolute Gasteiger partial charge is 0.494 e. The lowest BCUT2D eigenvalue weighted by atomic mass is 10.2. The third-order valence-corrected chi connectivity index (χ3v) is 5.11. The number of amides is 1. The zero-order chi connectivity index (χ0) is 22.1. The summed E-state index contributed by atoms with van der Waals surface area (Å²) in [6.07, 6.45) is 0. The lowest BCUT2D eigenvalue weighted by Crippen LogP contribution is -2.32. The van der Waals surface area contributed by atoms with E-state index in [0.717, 1.165) is 11.3 Å². The van der Waals surface area contributed by atoms with Crippen molar-refractivity contribution in [3.63, 3.8) is 0 Å². The number of nitrogens with one attached hydrogen (secondary N) is 1. The molecule has 0 radical (unpaired) electrons. The maximum atomic E-state index is 12.1. The average molecular weight is 461 g/mol. The number of halogens is 1. The molecule has 3 aromatic rings. The van der Waals surface area contributed by atoms with Gasteiger partial charge in [0.2, 0.25) is 0 Å². The van der Waals surface area contributed by atoms with Crippen LogP contribution in [-0.4, -0.2) is 43.2 Å². The normalized spacial score (nSPS) is 10.4. The number of carbonyl (C=O) groups excluding carboxylic acids is 2. The minimum atomic E-state index is -0.655. The van der Waals surface area contributed by atoms with Gasteiger partial charge in [-0.25, -0.2) is 9.78 Å². The fourth-order valence-electron chi connectivity index (χ4n) is 2.51. The van der Waals surface area contributed by atoms with Crippen molar-refractivity contribution >= 4 is 34.8 Å². The van der Waals surface area contributed by atoms with Crippen LogP contribution in [0.25, 0.3) is 10.6 Å². The molecule has 1 N–H and O–H groups in total. The second-order valence-corrected chi connectivity index (χ2v) is 7.52. The van der Waals surface area contributed by atoms with Crippen molar-refractivity contribution in [2.45, 2.75) is 6.92 Å². The smallest absolute Gasteiger partial charge is 0.358 e. The molecule has 0 saturated heterocycles. The van der Waals surface area contributed by atoms with E-state index in [-0.39, 0.29) is 18.8 Å². The fourth-order valence-corrected chi connectivity index (χ4v) is 3.43. The van der Waals surface area contributed by atoms with Crippen molar-refractivity contribution in [2.75, 3.05) is 26.4 Å². The van der Waals surface area contributed by atoms with Crippen LogP contribution in [0.3, 0.4) is 0 Å². The maximum absolute atomic E-state index is 12.1. The van der Waals surface area contributed by atoms with Gasteiger partial charge in [-0.05, 0) is 43.3 Å². The highest BCUT2D eigenvalue weighted by molar-refractivity contribution is 7.13. The molecule has 0 spiro atoms. The Balaban J connectivity index is 1.36. The molecule has 0 saturated carbocycles. The third-order valence-electron chi connectivity index (χ3n) is 3.97. The van der Waals surface area contributed by atoms with E-state index in [1.54, 1.807) is 29.6 Å². The number of aromatic nitrogens is 1. The van der Waals surface area contributed by atoms with Gasteiger partial charge in [-0.2, -0.15) is 0 Å². The summed E-state index contributed by atoms with van der Waals surface area (Å²) in [5.74, 6) is 0.364. The first kappa shape index (κ1) is 22.6. The van der Waals surface area contributed by atoms with E-state index in [1.165, 1.54) is 11.3 Å². The first-order chi connectivity index (χ1) is 15.0. The van der Waals surface area contributed by atoms with Gasteiger partial charge in [-0.15, -0.1) is 11.3 Å². The zero-order valence-corrected chi connectivity index (χ0v) is 18.4. The van der Waals surface area contributed by atoms with Crippen molar-refractivity contribution in [1.29, 1.82) is 0 Å².